The maximum absolute atomic E-state index is 13.5. The summed E-state index contributed by atoms with van der Waals surface area (Å²) in [6, 6.07) is 17.9. The lowest BCUT2D eigenvalue weighted by Gasteiger charge is -2.06. The molecule has 1 N–H and O–H groups in total. The van der Waals surface area contributed by atoms with Crippen LogP contribution in [0.1, 0.15) is 15.9 Å². The Hall–Kier alpha value is -2.78. The predicted molar refractivity (Wildman–Crippen MR) is 134 cm³/mol. The smallest absolute Gasteiger partial charge is 0.227 e. The van der Waals surface area contributed by atoms with E-state index >= 15 is 0 Å². The fourth-order valence-corrected chi connectivity index (χ4v) is 6.10. The highest BCUT2D eigenvalue weighted by Gasteiger charge is 2.28. The van der Waals surface area contributed by atoms with E-state index < -0.39 is 15.0 Å². The van der Waals surface area contributed by atoms with E-state index in [1.165, 1.54) is 24.3 Å². The standard InChI is InChI=1S/C24H18Cl2N2O4S2/c1-14-3-10-18(11-4-14)34(30,31)23-22(33-24(29)19-12-7-16(25)13-20(19)26)27-21(28-23)15-5-8-17(32-2)9-6-15/h3-13H,1-2H3,(H,27,28). The number of nitrogens with zero attached hydrogens (tertiary/aromatic N) is 1. The zero-order valence-electron chi connectivity index (χ0n) is 18.0. The summed E-state index contributed by atoms with van der Waals surface area (Å²) in [7, 11) is -2.45. The number of hydrogen-bond acceptors (Lipinski definition) is 6. The summed E-state index contributed by atoms with van der Waals surface area (Å²) in [5.41, 5.74) is 1.75. The highest BCUT2D eigenvalue weighted by atomic mass is 35.5. The number of nitrogens with one attached hydrogen (secondary N) is 1. The fraction of sp³-hybridized carbons (Fsp3) is 0.0833. The van der Waals surface area contributed by atoms with E-state index in [9.17, 15) is 13.2 Å². The van der Waals surface area contributed by atoms with Gasteiger partial charge >= 0.3 is 0 Å². The van der Waals surface area contributed by atoms with Gasteiger partial charge in [0.05, 0.1) is 17.0 Å². The summed E-state index contributed by atoms with van der Waals surface area (Å²) in [6.45, 7) is 1.87. The summed E-state index contributed by atoms with van der Waals surface area (Å²) < 4.78 is 32.1. The highest BCUT2D eigenvalue weighted by Crippen LogP contribution is 2.35. The molecule has 1 aromatic heterocycles. The quantitative estimate of drug-likeness (QED) is 0.286. The van der Waals surface area contributed by atoms with Crippen LogP contribution in [0, 0.1) is 6.92 Å². The number of H-pyrrole nitrogens is 1. The van der Waals surface area contributed by atoms with E-state index in [1.54, 1.807) is 49.6 Å². The molecule has 0 bridgehead atoms. The first-order valence-corrected chi connectivity index (χ1v) is 13.0. The van der Waals surface area contributed by atoms with E-state index in [0.717, 1.165) is 5.56 Å². The van der Waals surface area contributed by atoms with Crippen molar-refractivity contribution < 1.29 is 17.9 Å². The molecule has 174 valence electrons. The average Bonchev–Trinajstić information content (AvgIpc) is 3.24. The van der Waals surface area contributed by atoms with Gasteiger partial charge in [-0.1, -0.05) is 40.9 Å². The molecule has 0 aliphatic heterocycles. The topological polar surface area (TPSA) is 89.1 Å². The molecule has 0 unspecified atom stereocenters. The van der Waals surface area contributed by atoms with Crippen LogP contribution < -0.4 is 4.74 Å². The number of carbonyl (C=O) groups excluding carboxylic acids is 1. The van der Waals surface area contributed by atoms with Crippen molar-refractivity contribution in [2.75, 3.05) is 7.11 Å². The molecule has 0 amide bonds. The van der Waals surface area contributed by atoms with Gasteiger partial charge in [-0.25, -0.2) is 13.4 Å². The minimum atomic E-state index is -4.00. The van der Waals surface area contributed by atoms with Gasteiger partial charge in [0.2, 0.25) is 15.0 Å². The number of thioether (sulfide) groups is 1. The number of aromatic nitrogens is 2. The van der Waals surface area contributed by atoms with Crippen LogP contribution in [0.15, 0.2) is 81.7 Å². The van der Waals surface area contributed by atoms with E-state index in [1.807, 2.05) is 6.92 Å². The number of benzene rings is 3. The molecule has 0 aliphatic rings. The number of hydrogen-bond donors (Lipinski definition) is 1. The second-order valence-electron chi connectivity index (χ2n) is 7.28. The number of sulfone groups is 1. The lowest BCUT2D eigenvalue weighted by Crippen LogP contribution is -2.05. The molecule has 0 saturated heterocycles. The number of methoxy groups -OCH3 is 1. The van der Waals surface area contributed by atoms with Gasteiger partial charge in [0, 0.05) is 16.1 Å². The molecule has 0 atom stereocenters. The summed E-state index contributed by atoms with van der Waals surface area (Å²) >= 11 is 12.8. The van der Waals surface area contributed by atoms with Gasteiger partial charge in [0.1, 0.15) is 16.6 Å². The molecule has 4 aromatic rings. The van der Waals surface area contributed by atoms with Gasteiger partial charge < -0.3 is 9.72 Å². The summed E-state index contributed by atoms with van der Waals surface area (Å²) in [5, 5.41) is -0.0718. The number of rotatable bonds is 6. The molecule has 0 saturated carbocycles. The number of aryl methyl sites for hydroxylation is 1. The third-order valence-corrected chi connectivity index (χ3v) is 8.24. The molecule has 0 fully saturated rings. The van der Waals surface area contributed by atoms with Crippen LogP contribution in [-0.2, 0) is 9.84 Å². The van der Waals surface area contributed by atoms with E-state index in [0.29, 0.717) is 33.9 Å². The van der Waals surface area contributed by atoms with Crippen LogP contribution >= 0.6 is 35.0 Å². The Kier molecular flexibility index (Phi) is 7.04. The van der Waals surface area contributed by atoms with Crippen molar-refractivity contribution in [1.82, 2.24) is 9.97 Å². The van der Waals surface area contributed by atoms with Gasteiger partial charge in [-0.05, 0) is 73.3 Å². The molecule has 4 rings (SSSR count). The van der Waals surface area contributed by atoms with Crippen molar-refractivity contribution in [3.8, 4) is 17.1 Å². The predicted octanol–water partition coefficient (Wildman–Crippen LogP) is 6.47. The number of halogens is 2. The van der Waals surface area contributed by atoms with Crippen molar-refractivity contribution in [3.05, 3.63) is 87.9 Å². The first kappa shape index (κ1) is 24.3. The fourth-order valence-electron chi connectivity index (χ4n) is 3.11. The Morgan fingerprint density at radius 1 is 1.00 bits per heavy atom. The molecular weight excluding hydrogens is 515 g/mol. The zero-order valence-corrected chi connectivity index (χ0v) is 21.1. The summed E-state index contributed by atoms with van der Waals surface area (Å²) in [5.74, 6) is 0.941. The van der Waals surface area contributed by atoms with Gasteiger partial charge in [-0.15, -0.1) is 0 Å². The lowest BCUT2D eigenvalue weighted by atomic mass is 10.2. The molecule has 0 spiro atoms. The third-order valence-electron chi connectivity index (χ3n) is 4.94. The molecule has 6 nitrogen and oxygen atoms in total. The Bertz CT molecular complexity index is 1470. The molecule has 3 aromatic carbocycles. The van der Waals surface area contributed by atoms with E-state index in [-0.39, 0.29) is 25.5 Å². The Balaban J connectivity index is 1.80. The normalized spacial score (nSPS) is 11.4. The molecule has 34 heavy (non-hydrogen) atoms. The lowest BCUT2D eigenvalue weighted by molar-refractivity contribution is 0.108. The van der Waals surface area contributed by atoms with Crippen LogP contribution in [-0.4, -0.2) is 30.6 Å². The monoisotopic (exact) mass is 532 g/mol. The van der Waals surface area contributed by atoms with Crippen LogP contribution in [0.25, 0.3) is 11.4 Å². The van der Waals surface area contributed by atoms with Crippen LogP contribution in [0.2, 0.25) is 10.0 Å². The van der Waals surface area contributed by atoms with Crippen LogP contribution in [0.4, 0.5) is 0 Å². The second kappa shape index (κ2) is 9.84. The molecule has 10 heteroatoms. The SMILES string of the molecule is COc1ccc(-c2nc(SC(=O)c3ccc(Cl)cc3Cl)c(S(=O)(=O)c3ccc(C)cc3)[nH]2)cc1. The van der Waals surface area contributed by atoms with Crippen molar-refractivity contribution in [2.24, 2.45) is 0 Å². The minimum Gasteiger partial charge on any atom is -0.497 e. The maximum atomic E-state index is 13.5. The Morgan fingerprint density at radius 2 is 1.68 bits per heavy atom. The first-order valence-electron chi connectivity index (χ1n) is 9.92. The average molecular weight is 533 g/mol. The molecule has 0 aliphatic carbocycles. The van der Waals surface area contributed by atoms with Gasteiger partial charge in [-0.3, -0.25) is 4.79 Å². The Morgan fingerprint density at radius 3 is 2.29 bits per heavy atom. The van der Waals surface area contributed by atoms with Gasteiger partial charge in [0.25, 0.3) is 0 Å². The second-order valence-corrected chi connectivity index (χ2v) is 11.0. The number of imidazole rings is 1. The molecular formula is C24H18Cl2N2O4S2. The summed E-state index contributed by atoms with van der Waals surface area (Å²) in [4.78, 5) is 20.4. The largest absolute Gasteiger partial charge is 0.497 e. The van der Waals surface area contributed by atoms with Crippen LogP contribution in [0.3, 0.4) is 0 Å². The van der Waals surface area contributed by atoms with E-state index in [2.05, 4.69) is 9.97 Å². The van der Waals surface area contributed by atoms with Crippen molar-refractivity contribution in [1.29, 1.82) is 0 Å². The number of ether oxygens (including phenoxy) is 1. The molecule has 0 radical (unpaired) electrons. The number of aromatic amines is 1. The van der Waals surface area contributed by atoms with Crippen LogP contribution in [0.5, 0.6) is 5.75 Å². The first-order chi connectivity index (χ1) is 16.2. The molecule has 1 heterocycles. The van der Waals surface area contributed by atoms with Crippen molar-refractivity contribution in [2.45, 2.75) is 21.9 Å². The Labute approximate surface area is 211 Å². The maximum Gasteiger partial charge on any atom is 0.227 e. The van der Waals surface area contributed by atoms with Gasteiger partial charge in [0.15, 0.2) is 5.03 Å². The minimum absolute atomic E-state index is 0.0161. The van der Waals surface area contributed by atoms with Gasteiger partial charge in [-0.2, -0.15) is 0 Å². The third kappa shape index (κ3) is 5.00. The highest BCUT2D eigenvalue weighted by molar-refractivity contribution is 8.14. The number of carbonyl (C=O) groups is 1. The zero-order chi connectivity index (χ0) is 24.5. The van der Waals surface area contributed by atoms with Crippen molar-refractivity contribution in [3.63, 3.8) is 0 Å². The van der Waals surface area contributed by atoms with E-state index in [4.69, 9.17) is 27.9 Å². The van der Waals surface area contributed by atoms with Crippen molar-refractivity contribution >= 4 is 49.9 Å². The summed E-state index contributed by atoms with van der Waals surface area (Å²) in [6.07, 6.45) is 0.